The fraction of sp³-hybridized carbons (Fsp3) is 0.948. The Morgan fingerprint density at radius 1 is 0.325 bits per heavy atom. The molecule has 1 amide bonds. The highest BCUT2D eigenvalue weighted by Gasteiger charge is 2.18. The second kappa shape index (κ2) is 73.1. The summed E-state index contributed by atoms with van der Waals surface area (Å²) in [5.41, 5.74) is 0. The van der Waals surface area contributed by atoms with Gasteiger partial charge in [0.05, 0.1) is 25.4 Å². The van der Waals surface area contributed by atoms with Gasteiger partial charge in [-0.1, -0.05) is 411 Å². The standard InChI is InChI=1S/C77H151NO5/c1-3-5-7-9-11-13-15-17-18-19-20-21-22-30-33-36-39-42-46-49-53-57-61-65-69-75(80)74(73-79)78-76(81)70-66-62-58-54-50-47-43-40-37-34-31-28-26-24-23-25-27-29-32-35-38-41-44-48-52-56-60-64-68-72-83-77(82)71-67-63-59-55-51-45-16-14-12-10-8-6-4-2/h65,69,74-75,79-80H,3-64,66-68,70-73H2,1-2H3,(H,78,81)/b69-65+. The van der Waals surface area contributed by atoms with Crippen LogP contribution in [-0.4, -0.2) is 47.4 Å². The van der Waals surface area contributed by atoms with Crippen LogP contribution in [0, 0.1) is 0 Å². The van der Waals surface area contributed by atoms with Crippen LogP contribution in [0.1, 0.15) is 444 Å². The van der Waals surface area contributed by atoms with Crippen molar-refractivity contribution in [2.75, 3.05) is 13.2 Å². The second-order valence-corrected chi connectivity index (χ2v) is 26.7. The summed E-state index contributed by atoms with van der Waals surface area (Å²) >= 11 is 0. The van der Waals surface area contributed by atoms with Crippen molar-refractivity contribution in [1.29, 1.82) is 0 Å². The minimum Gasteiger partial charge on any atom is -0.466 e. The Hall–Kier alpha value is -1.40. The number of ether oxygens (including phenoxy) is 1. The van der Waals surface area contributed by atoms with E-state index in [1.54, 1.807) is 6.08 Å². The number of nitrogens with one attached hydrogen (secondary N) is 1. The molecule has 0 bridgehead atoms. The Bertz CT molecular complexity index is 1260. The molecular formula is C77H151NO5. The zero-order valence-corrected chi connectivity index (χ0v) is 56.7. The predicted molar refractivity (Wildman–Crippen MR) is 366 cm³/mol. The summed E-state index contributed by atoms with van der Waals surface area (Å²) in [4.78, 5) is 24.6. The monoisotopic (exact) mass is 1170 g/mol. The molecule has 0 aromatic heterocycles. The molecule has 6 nitrogen and oxygen atoms in total. The number of carbonyl (C=O) groups is 2. The van der Waals surface area contributed by atoms with Crippen LogP contribution in [0.25, 0.3) is 0 Å². The second-order valence-electron chi connectivity index (χ2n) is 26.7. The molecule has 0 aliphatic carbocycles. The van der Waals surface area contributed by atoms with Crippen LogP contribution in [0.5, 0.6) is 0 Å². The summed E-state index contributed by atoms with van der Waals surface area (Å²) in [7, 11) is 0. The number of hydrogen-bond donors (Lipinski definition) is 3. The Balaban J connectivity index is 3.36. The van der Waals surface area contributed by atoms with Crippen molar-refractivity contribution in [3.63, 3.8) is 0 Å². The number of aliphatic hydroxyl groups excluding tert-OH is 2. The summed E-state index contributed by atoms with van der Waals surface area (Å²) in [6.45, 7) is 4.96. The number of rotatable bonds is 73. The van der Waals surface area contributed by atoms with E-state index in [0.29, 0.717) is 19.4 Å². The van der Waals surface area contributed by atoms with Crippen LogP contribution >= 0.6 is 0 Å². The van der Waals surface area contributed by atoms with Crippen LogP contribution in [0.2, 0.25) is 0 Å². The summed E-state index contributed by atoms with van der Waals surface area (Å²) in [5, 5.41) is 23.3. The van der Waals surface area contributed by atoms with E-state index in [-0.39, 0.29) is 18.5 Å². The van der Waals surface area contributed by atoms with Gasteiger partial charge in [-0.2, -0.15) is 0 Å². The molecule has 3 N–H and O–H groups in total. The average Bonchev–Trinajstić information content (AvgIpc) is 3.49. The van der Waals surface area contributed by atoms with E-state index < -0.39 is 12.1 Å². The molecule has 0 radical (unpaired) electrons. The first-order valence-electron chi connectivity index (χ1n) is 38.5. The maximum atomic E-state index is 12.5. The summed E-state index contributed by atoms with van der Waals surface area (Å²) < 4.78 is 5.49. The lowest BCUT2D eigenvalue weighted by atomic mass is 10.0. The highest BCUT2D eigenvalue weighted by atomic mass is 16.5. The molecule has 0 spiro atoms. The maximum absolute atomic E-state index is 12.5. The lowest BCUT2D eigenvalue weighted by Crippen LogP contribution is -2.45. The van der Waals surface area contributed by atoms with Crippen LogP contribution < -0.4 is 5.32 Å². The van der Waals surface area contributed by atoms with Gasteiger partial charge in [0.2, 0.25) is 5.91 Å². The summed E-state index contributed by atoms with van der Waals surface area (Å²) in [6, 6.07) is -0.626. The van der Waals surface area contributed by atoms with Gasteiger partial charge in [0.25, 0.3) is 0 Å². The predicted octanol–water partition coefficient (Wildman–Crippen LogP) is 25.1. The van der Waals surface area contributed by atoms with Gasteiger partial charge in [0, 0.05) is 12.8 Å². The van der Waals surface area contributed by atoms with Crippen molar-refractivity contribution >= 4 is 11.9 Å². The number of amides is 1. The minimum atomic E-state index is -0.843. The third kappa shape index (κ3) is 69.6. The van der Waals surface area contributed by atoms with Crippen LogP contribution in [-0.2, 0) is 14.3 Å². The zero-order valence-electron chi connectivity index (χ0n) is 56.7. The average molecular weight is 1170 g/mol. The highest BCUT2D eigenvalue weighted by Crippen LogP contribution is 2.20. The molecule has 2 atom stereocenters. The Morgan fingerprint density at radius 3 is 0.819 bits per heavy atom. The lowest BCUT2D eigenvalue weighted by molar-refractivity contribution is -0.143. The Kier molecular flexibility index (Phi) is 71.8. The first-order valence-corrected chi connectivity index (χ1v) is 38.5. The Morgan fingerprint density at radius 2 is 0.554 bits per heavy atom. The molecule has 6 heteroatoms. The summed E-state index contributed by atoms with van der Waals surface area (Å²) in [6.07, 6.45) is 91.8. The van der Waals surface area contributed by atoms with E-state index in [1.807, 2.05) is 6.08 Å². The molecule has 0 fully saturated rings. The van der Waals surface area contributed by atoms with E-state index in [4.69, 9.17) is 4.74 Å². The molecule has 0 rings (SSSR count). The normalized spacial score (nSPS) is 12.5. The molecule has 0 aromatic carbocycles. The molecule has 494 valence electrons. The van der Waals surface area contributed by atoms with Crippen molar-refractivity contribution in [3.05, 3.63) is 12.2 Å². The quantitative estimate of drug-likeness (QED) is 0.0320. The van der Waals surface area contributed by atoms with Crippen LogP contribution in [0.3, 0.4) is 0 Å². The third-order valence-electron chi connectivity index (χ3n) is 18.3. The van der Waals surface area contributed by atoms with Crippen molar-refractivity contribution < 1.29 is 24.5 Å². The van der Waals surface area contributed by atoms with E-state index in [1.165, 1.54) is 379 Å². The fourth-order valence-corrected chi connectivity index (χ4v) is 12.5. The largest absolute Gasteiger partial charge is 0.466 e. The first-order chi connectivity index (χ1) is 41.0. The molecule has 0 heterocycles. The molecule has 0 saturated heterocycles. The number of carbonyl (C=O) groups excluding carboxylic acids is 2. The van der Waals surface area contributed by atoms with Gasteiger partial charge in [0.1, 0.15) is 0 Å². The van der Waals surface area contributed by atoms with E-state index in [2.05, 4.69) is 19.2 Å². The third-order valence-corrected chi connectivity index (χ3v) is 18.3. The number of aliphatic hydroxyl groups is 2. The molecular weight excluding hydrogens is 1020 g/mol. The zero-order chi connectivity index (χ0) is 59.9. The van der Waals surface area contributed by atoms with Gasteiger partial charge < -0.3 is 20.3 Å². The maximum Gasteiger partial charge on any atom is 0.305 e. The molecule has 83 heavy (non-hydrogen) atoms. The van der Waals surface area contributed by atoms with Crippen molar-refractivity contribution in [2.45, 2.75) is 456 Å². The molecule has 0 aromatic rings. The van der Waals surface area contributed by atoms with Gasteiger partial charge in [-0.15, -0.1) is 0 Å². The number of esters is 1. The van der Waals surface area contributed by atoms with E-state index in [9.17, 15) is 19.8 Å². The van der Waals surface area contributed by atoms with Gasteiger partial charge in [0.15, 0.2) is 0 Å². The van der Waals surface area contributed by atoms with Gasteiger partial charge in [-0.05, 0) is 32.1 Å². The van der Waals surface area contributed by atoms with Crippen LogP contribution in [0.15, 0.2) is 12.2 Å². The van der Waals surface area contributed by atoms with Crippen molar-refractivity contribution in [1.82, 2.24) is 5.32 Å². The minimum absolute atomic E-state index is 0.0219. The number of hydrogen-bond acceptors (Lipinski definition) is 5. The first kappa shape index (κ1) is 81.6. The number of allylic oxidation sites excluding steroid dienone is 1. The van der Waals surface area contributed by atoms with Crippen molar-refractivity contribution in [3.8, 4) is 0 Å². The summed E-state index contributed by atoms with van der Waals surface area (Å²) in [5.74, 6) is -0.0369. The van der Waals surface area contributed by atoms with Gasteiger partial charge in [-0.25, -0.2) is 0 Å². The topological polar surface area (TPSA) is 95.9 Å². The Labute approximate surface area is 520 Å². The smallest absolute Gasteiger partial charge is 0.305 e. The van der Waals surface area contributed by atoms with Crippen LogP contribution in [0.4, 0.5) is 0 Å². The number of unbranched alkanes of at least 4 members (excludes halogenated alkanes) is 62. The highest BCUT2D eigenvalue weighted by molar-refractivity contribution is 5.76. The lowest BCUT2D eigenvalue weighted by Gasteiger charge is -2.20. The van der Waals surface area contributed by atoms with Gasteiger partial charge in [-0.3, -0.25) is 9.59 Å². The van der Waals surface area contributed by atoms with Gasteiger partial charge >= 0.3 is 5.97 Å². The SMILES string of the molecule is CCCCCCCCCCCCCCCCCCCCCCCC/C=C/C(O)C(CO)NC(=O)CCCCCCCCCCCCCCCCCCCCCCCCCCCCCCCOC(=O)CCCCCCCCCCCCCCC. The molecule has 0 aliphatic rings. The molecule has 2 unspecified atom stereocenters. The van der Waals surface area contributed by atoms with Crippen molar-refractivity contribution in [2.24, 2.45) is 0 Å². The molecule has 0 saturated carbocycles. The molecule has 0 aliphatic heterocycles. The van der Waals surface area contributed by atoms with E-state index in [0.717, 1.165) is 38.5 Å². The fourth-order valence-electron chi connectivity index (χ4n) is 12.5. The van der Waals surface area contributed by atoms with E-state index >= 15 is 0 Å².